The van der Waals surface area contributed by atoms with Gasteiger partial charge in [-0.05, 0) is 6.07 Å². The summed E-state index contributed by atoms with van der Waals surface area (Å²) < 4.78 is 4.77. The molecule has 0 saturated carbocycles. The zero-order valence-electron chi connectivity index (χ0n) is 9.88. The first-order chi connectivity index (χ1) is 8.65. The van der Waals surface area contributed by atoms with Crippen LogP contribution < -0.4 is 10.6 Å². The molecule has 0 bridgehead atoms. The summed E-state index contributed by atoms with van der Waals surface area (Å²) in [5.41, 5.74) is 0.0964. The topological polar surface area (TPSA) is 106 Å². The molecule has 18 heavy (non-hydrogen) atoms. The van der Waals surface area contributed by atoms with Crippen molar-refractivity contribution in [2.24, 2.45) is 0 Å². The van der Waals surface area contributed by atoms with E-state index >= 15 is 0 Å². The third-order valence-corrected chi connectivity index (χ3v) is 2.06. The van der Waals surface area contributed by atoms with Crippen molar-refractivity contribution in [1.82, 2.24) is 10.3 Å². The monoisotopic (exact) mass is 254 g/mol. The van der Waals surface area contributed by atoms with Crippen molar-refractivity contribution in [3.8, 4) is 0 Å². The van der Waals surface area contributed by atoms with Crippen molar-refractivity contribution in [1.29, 1.82) is 0 Å². The highest BCUT2D eigenvalue weighted by Gasteiger charge is 2.13. The van der Waals surface area contributed by atoms with Gasteiger partial charge in [0.25, 0.3) is 0 Å². The highest BCUT2D eigenvalue weighted by molar-refractivity contribution is 5.81. The van der Waals surface area contributed by atoms with Crippen LogP contribution in [0.1, 0.15) is 0 Å². The van der Waals surface area contributed by atoms with E-state index in [9.17, 15) is 14.9 Å². The number of pyridine rings is 1. The summed E-state index contributed by atoms with van der Waals surface area (Å²) >= 11 is 0. The number of ether oxygens (including phenoxy) is 1. The van der Waals surface area contributed by atoms with Crippen LogP contribution in [-0.2, 0) is 9.53 Å². The van der Waals surface area contributed by atoms with E-state index < -0.39 is 4.92 Å². The first-order valence-corrected chi connectivity index (χ1v) is 5.23. The number of hydrogen-bond acceptors (Lipinski definition) is 6. The average Bonchev–Trinajstić information content (AvgIpc) is 2.37. The van der Waals surface area contributed by atoms with E-state index in [4.69, 9.17) is 4.74 Å². The number of methoxy groups -OCH3 is 1. The molecule has 0 aliphatic heterocycles. The SMILES string of the molecule is COCCNC(=O)CNc1ccncc1[N+](=O)[O-]. The summed E-state index contributed by atoms with van der Waals surface area (Å²) in [4.78, 5) is 25.1. The number of hydrogen-bond donors (Lipinski definition) is 2. The van der Waals surface area contributed by atoms with E-state index in [1.807, 2.05) is 0 Å². The molecule has 0 atom stereocenters. The fourth-order valence-electron chi connectivity index (χ4n) is 1.21. The summed E-state index contributed by atoms with van der Waals surface area (Å²) in [6, 6.07) is 1.45. The number of rotatable bonds is 7. The van der Waals surface area contributed by atoms with Gasteiger partial charge in [0, 0.05) is 19.9 Å². The fraction of sp³-hybridized carbons (Fsp3) is 0.400. The average molecular weight is 254 g/mol. The second-order valence-electron chi connectivity index (χ2n) is 3.35. The largest absolute Gasteiger partial charge is 0.383 e. The highest BCUT2D eigenvalue weighted by Crippen LogP contribution is 2.21. The maximum atomic E-state index is 11.4. The molecule has 0 fully saturated rings. The van der Waals surface area contributed by atoms with Crippen LogP contribution in [0.25, 0.3) is 0 Å². The van der Waals surface area contributed by atoms with Gasteiger partial charge in [-0.1, -0.05) is 0 Å². The summed E-state index contributed by atoms with van der Waals surface area (Å²) in [6.07, 6.45) is 2.54. The van der Waals surface area contributed by atoms with Crippen LogP contribution in [0.2, 0.25) is 0 Å². The molecule has 0 unspecified atom stereocenters. The van der Waals surface area contributed by atoms with Gasteiger partial charge in [0.05, 0.1) is 18.1 Å². The van der Waals surface area contributed by atoms with Gasteiger partial charge in [-0.2, -0.15) is 0 Å². The lowest BCUT2D eigenvalue weighted by molar-refractivity contribution is -0.384. The van der Waals surface area contributed by atoms with Gasteiger partial charge < -0.3 is 15.4 Å². The number of nitrogens with one attached hydrogen (secondary N) is 2. The van der Waals surface area contributed by atoms with Gasteiger partial charge in [-0.25, -0.2) is 0 Å². The van der Waals surface area contributed by atoms with E-state index in [1.165, 1.54) is 19.4 Å². The number of nitro groups is 1. The maximum absolute atomic E-state index is 11.4. The Hall–Kier alpha value is -2.22. The molecule has 0 radical (unpaired) electrons. The lowest BCUT2D eigenvalue weighted by Crippen LogP contribution is -2.32. The second kappa shape index (κ2) is 7.17. The molecule has 1 aromatic heterocycles. The van der Waals surface area contributed by atoms with Crippen LogP contribution in [0.5, 0.6) is 0 Å². The standard InChI is InChI=1S/C10H14N4O4/c1-18-5-4-12-10(15)7-13-8-2-3-11-6-9(8)14(16)17/h2-3,6H,4-5,7H2,1H3,(H,11,13)(H,12,15). The van der Waals surface area contributed by atoms with Crippen LogP contribution in [0.4, 0.5) is 11.4 Å². The Morgan fingerprint density at radius 1 is 1.61 bits per heavy atom. The van der Waals surface area contributed by atoms with Gasteiger partial charge in [0.2, 0.25) is 5.91 Å². The van der Waals surface area contributed by atoms with Crippen molar-refractivity contribution in [2.45, 2.75) is 0 Å². The number of carbonyl (C=O) groups excluding carboxylic acids is 1. The van der Waals surface area contributed by atoms with Crippen LogP contribution >= 0.6 is 0 Å². The zero-order chi connectivity index (χ0) is 13.4. The molecule has 2 N–H and O–H groups in total. The van der Waals surface area contributed by atoms with E-state index in [0.29, 0.717) is 13.2 Å². The molecule has 1 rings (SSSR count). The second-order valence-corrected chi connectivity index (χ2v) is 3.35. The van der Waals surface area contributed by atoms with Crippen LogP contribution in [0.15, 0.2) is 18.5 Å². The maximum Gasteiger partial charge on any atom is 0.310 e. The van der Waals surface area contributed by atoms with Crippen molar-refractivity contribution >= 4 is 17.3 Å². The van der Waals surface area contributed by atoms with Gasteiger partial charge in [-0.15, -0.1) is 0 Å². The number of anilines is 1. The molecule has 0 aliphatic rings. The Morgan fingerprint density at radius 2 is 2.39 bits per heavy atom. The summed E-state index contributed by atoms with van der Waals surface area (Å²) in [5, 5.41) is 16.0. The van der Waals surface area contributed by atoms with Crippen LogP contribution in [-0.4, -0.2) is 42.6 Å². The minimum absolute atomic E-state index is 0.0471. The number of carbonyl (C=O) groups is 1. The van der Waals surface area contributed by atoms with Crippen molar-refractivity contribution < 1.29 is 14.5 Å². The zero-order valence-corrected chi connectivity index (χ0v) is 9.88. The smallest absolute Gasteiger partial charge is 0.310 e. The normalized spacial score (nSPS) is 9.83. The van der Waals surface area contributed by atoms with E-state index in [-0.39, 0.29) is 23.8 Å². The minimum Gasteiger partial charge on any atom is -0.383 e. The predicted octanol–water partition coefficient (Wildman–Crippen LogP) is 0.164. The summed E-state index contributed by atoms with van der Waals surface area (Å²) in [6.45, 7) is 0.769. The first kappa shape index (κ1) is 13.8. The first-order valence-electron chi connectivity index (χ1n) is 5.23. The van der Waals surface area contributed by atoms with Crippen molar-refractivity contribution in [2.75, 3.05) is 32.1 Å². The van der Waals surface area contributed by atoms with Crippen LogP contribution in [0, 0.1) is 10.1 Å². The molecule has 0 aromatic carbocycles. The summed E-state index contributed by atoms with van der Waals surface area (Å²) in [5.74, 6) is -0.266. The highest BCUT2D eigenvalue weighted by atomic mass is 16.6. The fourth-order valence-corrected chi connectivity index (χ4v) is 1.21. The molecular weight excluding hydrogens is 240 g/mol. The minimum atomic E-state index is -0.557. The third kappa shape index (κ3) is 4.34. The molecule has 1 amide bonds. The number of nitrogens with zero attached hydrogens (tertiary/aromatic N) is 2. The van der Waals surface area contributed by atoms with Gasteiger partial charge >= 0.3 is 5.69 Å². The molecule has 0 aliphatic carbocycles. The summed E-state index contributed by atoms with van der Waals surface area (Å²) in [7, 11) is 1.53. The predicted molar refractivity (Wildman–Crippen MR) is 64.3 cm³/mol. The molecule has 98 valence electrons. The third-order valence-electron chi connectivity index (χ3n) is 2.06. The Morgan fingerprint density at radius 3 is 3.06 bits per heavy atom. The van der Waals surface area contributed by atoms with Crippen LogP contribution in [0.3, 0.4) is 0 Å². The number of aromatic nitrogens is 1. The Bertz CT molecular complexity index is 424. The molecule has 0 spiro atoms. The van der Waals surface area contributed by atoms with Crippen molar-refractivity contribution in [3.05, 3.63) is 28.6 Å². The van der Waals surface area contributed by atoms with E-state index in [1.54, 1.807) is 0 Å². The molecule has 0 saturated heterocycles. The quantitative estimate of drug-likeness (QED) is 0.408. The molecule has 1 heterocycles. The Balaban J connectivity index is 2.48. The van der Waals surface area contributed by atoms with Gasteiger partial charge in [0.1, 0.15) is 11.9 Å². The molecule has 8 nitrogen and oxygen atoms in total. The molecular formula is C10H14N4O4. The number of amides is 1. The van der Waals surface area contributed by atoms with Crippen molar-refractivity contribution in [3.63, 3.8) is 0 Å². The van der Waals surface area contributed by atoms with E-state index in [2.05, 4.69) is 15.6 Å². The van der Waals surface area contributed by atoms with E-state index in [0.717, 1.165) is 6.20 Å². The molecule has 8 heteroatoms. The van der Waals surface area contributed by atoms with Gasteiger partial charge in [0.15, 0.2) is 0 Å². The molecule has 1 aromatic rings. The lowest BCUT2D eigenvalue weighted by atomic mass is 10.3. The lowest BCUT2D eigenvalue weighted by Gasteiger charge is -2.07. The van der Waals surface area contributed by atoms with Gasteiger partial charge in [-0.3, -0.25) is 19.9 Å². The Labute approximate surface area is 104 Å². The Kier molecular flexibility index (Phi) is 5.52.